The number of carbonyl (C=O) groups excluding carboxylic acids is 1. The van der Waals surface area contributed by atoms with E-state index >= 15 is 0 Å². The number of hydrogen-bond donors (Lipinski definition) is 3. The number of nitrogens with one attached hydrogen (secondary N) is 3. The predicted molar refractivity (Wildman–Crippen MR) is 70.6 cm³/mol. The van der Waals surface area contributed by atoms with Crippen LogP contribution in [0, 0.1) is 13.8 Å². The Morgan fingerprint density at radius 2 is 2.33 bits per heavy atom. The van der Waals surface area contributed by atoms with Crippen LogP contribution in [-0.2, 0) is 4.79 Å². The Bertz CT molecular complexity index is 409. The highest BCUT2D eigenvalue weighted by molar-refractivity contribution is 5.93. The zero-order chi connectivity index (χ0) is 13.1. The van der Waals surface area contributed by atoms with Crippen LogP contribution in [0.15, 0.2) is 0 Å². The SMILES string of the molecule is Cc1n[nH]c(C)c1NC(=O)CN1CCNC[C@H]1C. The molecule has 1 atom stereocenters. The molecule has 0 bridgehead atoms. The molecule has 0 radical (unpaired) electrons. The van der Waals surface area contributed by atoms with E-state index in [-0.39, 0.29) is 5.91 Å². The molecule has 1 fully saturated rings. The number of carbonyl (C=O) groups is 1. The van der Waals surface area contributed by atoms with Gasteiger partial charge in [-0.15, -0.1) is 0 Å². The van der Waals surface area contributed by atoms with Gasteiger partial charge in [-0.1, -0.05) is 0 Å². The minimum Gasteiger partial charge on any atom is -0.322 e. The van der Waals surface area contributed by atoms with Crippen molar-refractivity contribution in [3.8, 4) is 0 Å². The molecule has 2 rings (SSSR count). The monoisotopic (exact) mass is 251 g/mol. The normalized spacial score (nSPS) is 20.9. The molecule has 0 spiro atoms. The zero-order valence-electron chi connectivity index (χ0n) is 11.2. The van der Waals surface area contributed by atoms with Crippen LogP contribution >= 0.6 is 0 Å². The van der Waals surface area contributed by atoms with Crippen molar-refractivity contribution in [2.45, 2.75) is 26.8 Å². The van der Waals surface area contributed by atoms with Crippen LogP contribution in [0.1, 0.15) is 18.3 Å². The minimum absolute atomic E-state index is 0.0244. The van der Waals surface area contributed by atoms with E-state index in [0.29, 0.717) is 12.6 Å². The fraction of sp³-hybridized carbons (Fsp3) is 0.667. The summed E-state index contributed by atoms with van der Waals surface area (Å²) in [7, 11) is 0. The maximum atomic E-state index is 12.0. The fourth-order valence-electron chi connectivity index (χ4n) is 2.22. The van der Waals surface area contributed by atoms with Crippen molar-refractivity contribution in [1.29, 1.82) is 0 Å². The number of hydrogen-bond acceptors (Lipinski definition) is 4. The standard InChI is InChI=1S/C12H21N5O/c1-8-6-13-4-5-17(8)7-11(18)14-12-9(2)15-16-10(12)3/h8,13H,4-7H2,1-3H3,(H,14,18)(H,15,16)/t8-/m1/s1. The van der Waals surface area contributed by atoms with Gasteiger partial charge in [0.1, 0.15) is 0 Å². The smallest absolute Gasteiger partial charge is 0.238 e. The second-order valence-electron chi connectivity index (χ2n) is 4.88. The van der Waals surface area contributed by atoms with Crippen molar-refractivity contribution in [3.05, 3.63) is 11.4 Å². The summed E-state index contributed by atoms with van der Waals surface area (Å²) in [4.78, 5) is 14.2. The number of H-pyrrole nitrogens is 1. The van der Waals surface area contributed by atoms with Crippen LogP contribution in [0.5, 0.6) is 0 Å². The first-order valence-electron chi connectivity index (χ1n) is 6.34. The van der Waals surface area contributed by atoms with E-state index in [4.69, 9.17) is 0 Å². The highest BCUT2D eigenvalue weighted by atomic mass is 16.2. The first kappa shape index (κ1) is 13.0. The lowest BCUT2D eigenvalue weighted by molar-refractivity contribution is -0.118. The van der Waals surface area contributed by atoms with Crippen molar-refractivity contribution in [3.63, 3.8) is 0 Å². The van der Waals surface area contributed by atoms with Gasteiger partial charge in [-0.2, -0.15) is 5.10 Å². The molecule has 6 heteroatoms. The number of rotatable bonds is 3. The van der Waals surface area contributed by atoms with E-state index in [1.54, 1.807) is 0 Å². The van der Waals surface area contributed by atoms with Crippen LogP contribution in [0.4, 0.5) is 5.69 Å². The molecule has 1 aliphatic heterocycles. The molecular formula is C12H21N5O. The summed E-state index contributed by atoms with van der Waals surface area (Å²) in [6.07, 6.45) is 0. The molecule has 1 aromatic heterocycles. The number of anilines is 1. The predicted octanol–water partition coefficient (Wildman–Crippen LogP) is 0.259. The summed E-state index contributed by atoms with van der Waals surface area (Å²) in [5, 5.41) is 13.2. The Morgan fingerprint density at radius 3 is 2.94 bits per heavy atom. The molecule has 1 aromatic rings. The van der Waals surface area contributed by atoms with Gasteiger partial charge in [0.05, 0.1) is 23.6 Å². The third-order valence-electron chi connectivity index (χ3n) is 3.38. The average molecular weight is 251 g/mol. The average Bonchev–Trinajstić information content (AvgIpc) is 2.64. The Hall–Kier alpha value is -1.40. The second kappa shape index (κ2) is 5.49. The third-order valence-corrected chi connectivity index (χ3v) is 3.38. The number of amides is 1. The van der Waals surface area contributed by atoms with Crippen LogP contribution < -0.4 is 10.6 Å². The molecule has 0 saturated carbocycles. The number of piperazine rings is 1. The van der Waals surface area contributed by atoms with Crippen LogP contribution in [0.3, 0.4) is 0 Å². The molecule has 100 valence electrons. The maximum Gasteiger partial charge on any atom is 0.238 e. The first-order chi connectivity index (χ1) is 8.58. The van der Waals surface area contributed by atoms with Crippen molar-refractivity contribution in [1.82, 2.24) is 20.4 Å². The second-order valence-corrected chi connectivity index (χ2v) is 4.88. The molecule has 6 nitrogen and oxygen atoms in total. The molecule has 0 aromatic carbocycles. The van der Waals surface area contributed by atoms with Crippen LogP contribution in [0.25, 0.3) is 0 Å². The van der Waals surface area contributed by atoms with Crippen molar-refractivity contribution in [2.24, 2.45) is 0 Å². The van der Waals surface area contributed by atoms with E-state index < -0.39 is 0 Å². The lowest BCUT2D eigenvalue weighted by Crippen LogP contribution is -2.52. The van der Waals surface area contributed by atoms with E-state index in [1.807, 2.05) is 13.8 Å². The summed E-state index contributed by atoms with van der Waals surface area (Å²) in [6, 6.07) is 0.399. The van der Waals surface area contributed by atoms with Gasteiger partial charge >= 0.3 is 0 Å². The van der Waals surface area contributed by atoms with E-state index in [0.717, 1.165) is 36.7 Å². The minimum atomic E-state index is 0.0244. The summed E-state index contributed by atoms with van der Waals surface area (Å²) in [5.74, 6) is 0.0244. The van der Waals surface area contributed by atoms with E-state index in [1.165, 1.54) is 0 Å². The highest BCUT2D eigenvalue weighted by Crippen LogP contribution is 2.16. The summed E-state index contributed by atoms with van der Waals surface area (Å²) < 4.78 is 0. The third kappa shape index (κ3) is 2.88. The van der Waals surface area contributed by atoms with Gasteiger partial charge in [-0.25, -0.2) is 0 Å². The Morgan fingerprint density at radius 1 is 1.56 bits per heavy atom. The van der Waals surface area contributed by atoms with Crippen LogP contribution in [0.2, 0.25) is 0 Å². The molecule has 0 unspecified atom stereocenters. The highest BCUT2D eigenvalue weighted by Gasteiger charge is 2.21. The van der Waals surface area contributed by atoms with Gasteiger partial charge in [0, 0.05) is 25.7 Å². The van der Waals surface area contributed by atoms with E-state index in [9.17, 15) is 4.79 Å². The topological polar surface area (TPSA) is 73.0 Å². The fourth-order valence-corrected chi connectivity index (χ4v) is 2.22. The van der Waals surface area contributed by atoms with Crippen LogP contribution in [-0.4, -0.2) is 53.2 Å². The lowest BCUT2D eigenvalue weighted by Gasteiger charge is -2.33. The molecule has 3 N–H and O–H groups in total. The molecular weight excluding hydrogens is 230 g/mol. The summed E-state index contributed by atoms with van der Waals surface area (Å²) in [5.41, 5.74) is 2.53. The Balaban J connectivity index is 1.92. The zero-order valence-corrected chi connectivity index (χ0v) is 11.2. The van der Waals surface area contributed by atoms with Gasteiger partial charge in [0.2, 0.25) is 5.91 Å². The number of aromatic amines is 1. The largest absolute Gasteiger partial charge is 0.322 e. The molecule has 1 amide bonds. The summed E-state index contributed by atoms with van der Waals surface area (Å²) >= 11 is 0. The molecule has 18 heavy (non-hydrogen) atoms. The summed E-state index contributed by atoms with van der Waals surface area (Å²) in [6.45, 7) is 9.16. The van der Waals surface area contributed by atoms with Gasteiger partial charge in [0.15, 0.2) is 0 Å². The van der Waals surface area contributed by atoms with Crippen molar-refractivity contribution >= 4 is 11.6 Å². The number of aryl methyl sites for hydroxylation is 2. The number of aromatic nitrogens is 2. The molecule has 1 saturated heterocycles. The quantitative estimate of drug-likeness (QED) is 0.720. The van der Waals surface area contributed by atoms with Gasteiger partial charge in [-0.05, 0) is 20.8 Å². The Kier molecular flexibility index (Phi) is 3.98. The van der Waals surface area contributed by atoms with Gasteiger partial charge in [0.25, 0.3) is 0 Å². The maximum absolute atomic E-state index is 12.0. The van der Waals surface area contributed by atoms with Crippen molar-refractivity contribution < 1.29 is 4.79 Å². The van der Waals surface area contributed by atoms with Gasteiger partial charge < -0.3 is 10.6 Å². The van der Waals surface area contributed by atoms with Gasteiger partial charge in [-0.3, -0.25) is 14.8 Å². The molecule has 1 aliphatic rings. The molecule has 2 heterocycles. The van der Waals surface area contributed by atoms with E-state index in [2.05, 4.69) is 32.7 Å². The Labute approximate surface area is 107 Å². The van der Waals surface area contributed by atoms with Crippen molar-refractivity contribution in [2.75, 3.05) is 31.5 Å². The first-order valence-corrected chi connectivity index (χ1v) is 6.34. The number of nitrogens with zero attached hydrogens (tertiary/aromatic N) is 2. The molecule has 0 aliphatic carbocycles. The lowest BCUT2D eigenvalue weighted by atomic mass is 10.2.